The summed E-state index contributed by atoms with van der Waals surface area (Å²) in [6.07, 6.45) is 0. The van der Waals surface area contributed by atoms with Gasteiger partial charge in [-0.25, -0.2) is 4.99 Å². The summed E-state index contributed by atoms with van der Waals surface area (Å²) in [5.74, 6) is 1.41. The van der Waals surface area contributed by atoms with Crippen molar-refractivity contribution in [3.8, 4) is 11.5 Å². The third-order valence-corrected chi connectivity index (χ3v) is 5.72. The standard InChI is InChI=1S/C25H25N3O3/c1-17-6-4-5-7-18(17)16-28-23(29)25(27-24(28)26,19-8-12-21(30-2)13-9-19)20-10-14-22(31-3)15-11-20/h4-15H,16H2,1-3H3,(H2,26,27). The molecular weight excluding hydrogens is 390 g/mol. The molecule has 1 aliphatic heterocycles. The summed E-state index contributed by atoms with van der Waals surface area (Å²) in [6, 6.07) is 22.7. The number of nitrogens with two attached hydrogens (primary N) is 1. The molecular formula is C25H25N3O3. The zero-order valence-electron chi connectivity index (χ0n) is 17.8. The first-order valence-electron chi connectivity index (χ1n) is 10.0. The minimum absolute atomic E-state index is 0.191. The van der Waals surface area contributed by atoms with Crippen molar-refractivity contribution in [1.82, 2.24) is 4.90 Å². The van der Waals surface area contributed by atoms with Crippen LogP contribution in [0.5, 0.6) is 11.5 Å². The van der Waals surface area contributed by atoms with Crippen LogP contribution in [0, 0.1) is 6.92 Å². The second kappa shape index (κ2) is 8.14. The quantitative estimate of drug-likeness (QED) is 0.667. The SMILES string of the molecule is COc1ccc(C2(c3ccc(OC)cc3)N=C(N)N(Cc3ccccc3C)C2=O)cc1. The number of nitrogens with zero attached hydrogens (tertiary/aromatic N) is 2. The number of aryl methyl sites for hydroxylation is 1. The molecule has 0 atom stereocenters. The molecule has 6 heteroatoms. The highest BCUT2D eigenvalue weighted by Gasteiger charge is 2.50. The third-order valence-electron chi connectivity index (χ3n) is 5.72. The molecule has 3 aromatic carbocycles. The van der Waals surface area contributed by atoms with E-state index in [1.165, 1.54) is 0 Å². The molecule has 1 heterocycles. The van der Waals surface area contributed by atoms with Crippen molar-refractivity contribution < 1.29 is 14.3 Å². The number of carbonyl (C=O) groups is 1. The van der Waals surface area contributed by atoms with Gasteiger partial charge in [0.15, 0.2) is 11.5 Å². The monoisotopic (exact) mass is 415 g/mol. The fourth-order valence-electron chi connectivity index (χ4n) is 3.90. The normalized spacial score (nSPS) is 15.0. The van der Waals surface area contributed by atoms with E-state index in [1.54, 1.807) is 19.1 Å². The van der Waals surface area contributed by atoms with Gasteiger partial charge in [0.25, 0.3) is 5.91 Å². The van der Waals surface area contributed by atoms with E-state index in [1.807, 2.05) is 79.7 Å². The molecule has 4 rings (SSSR count). The van der Waals surface area contributed by atoms with E-state index < -0.39 is 5.54 Å². The molecule has 3 aromatic rings. The van der Waals surface area contributed by atoms with Gasteiger partial charge in [0.1, 0.15) is 11.5 Å². The summed E-state index contributed by atoms with van der Waals surface area (Å²) in [5.41, 5.74) is 8.62. The molecule has 1 amide bonds. The lowest BCUT2D eigenvalue weighted by Crippen LogP contribution is -2.43. The molecule has 0 saturated carbocycles. The van der Waals surface area contributed by atoms with Crippen LogP contribution < -0.4 is 15.2 Å². The highest BCUT2D eigenvalue weighted by Crippen LogP contribution is 2.41. The largest absolute Gasteiger partial charge is 0.497 e. The van der Waals surface area contributed by atoms with Crippen LogP contribution in [0.1, 0.15) is 22.3 Å². The highest BCUT2D eigenvalue weighted by molar-refractivity contribution is 6.09. The third kappa shape index (κ3) is 3.50. The van der Waals surface area contributed by atoms with Crippen LogP contribution in [0.25, 0.3) is 0 Å². The molecule has 0 fully saturated rings. The molecule has 0 aromatic heterocycles. The van der Waals surface area contributed by atoms with Gasteiger partial charge in [0, 0.05) is 0 Å². The molecule has 0 unspecified atom stereocenters. The van der Waals surface area contributed by atoms with Crippen LogP contribution >= 0.6 is 0 Å². The maximum atomic E-state index is 13.9. The van der Waals surface area contributed by atoms with Gasteiger partial charge in [-0.3, -0.25) is 9.69 Å². The lowest BCUT2D eigenvalue weighted by molar-refractivity contribution is -0.130. The second-order valence-electron chi connectivity index (χ2n) is 7.46. The Balaban J connectivity index is 1.82. The lowest BCUT2D eigenvalue weighted by Gasteiger charge is -2.27. The predicted octanol–water partition coefficient (Wildman–Crippen LogP) is 3.61. The Morgan fingerprint density at radius 2 is 1.39 bits per heavy atom. The summed E-state index contributed by atoms with van der Waals surface area (Å²) in [7, 11) is 3.21. The molecule has 0 bridgehead atoms. The summed E-state index contributed by atoms with van der Waals surface area (Å²) in [6.45, 7) is 2.37. The zero-order valence-corrected chi connectivity index (χ0v) is 17.8. The van der Waals surface area contributed by atoms with Crippen molar-refractivity contribution in [2.24, 2.45) is 10.7 Å². The Morgan fingerprint density at radius 1 is 0.871 bits per heavy atom. The molecule has 6 nitrogen and oxygen atoms in total. The van der Waals surface area contributed by atoms with Gasteiger partial charge in [0.2, 0.25) is 0 Å². The van der Waals surface area contributed by atoms with Crippen molar-refractivity contribution in [2.45, 2.75) is 19.0 Å². The fraction of sp³-hybridized carbons (Fsp3) is 0.200. The first kappa shape index (κ1) is 20.5. The van der Waals surface area contributed by atoms with E-state index in [2.05, 4.69) is 0 Å². The van der Waals surface area contributed by atoms with Gasteiger partial charge in [-0.15, -0.1) is 0 Å². The molecule has 158 valence electrons. The van der Waals surface area contributed by atoms with Gasteiger partial charge in [-0.2, -0.15) is 0 Å². The van der Waals surface area contributed by atoms with E-state index in [0.29, 0.717) is 18.0 Å². The summed E-state index contributed by atoms with van der Waals surface area (Å²) >= 11 is 0. The van der Waals surface area contributed by atoms with Crippen LogP contribution in [0.4, 0.5) is 0 Å². The Labute approximate surface area is 181 Å². The van der Waals surface area contributed by atoms with Crippen molar-refractivity contribution in [3.63, 3.8) is 0 Å². The molecule has 0 spiro atoms. The Hall–Kier alpha value is -3.80. The van der Waals surface area contributed by atoms with Crippen molar-refractivity contribution in [2.75, 3.05) is 14.2 Å². The van der Waals surface area contributed by atoms with E-state index >= 15 is 0 Å². The Morgan fingerprint density at radius 3 is 1.87 bits per heavy atom. The minimum Gasteiger partial charge on any atom is -0.497 e. The van der Waals surface area contributed by atoms with Gasteiger partial charge in [-0.1, -0.05) is 48.5 Å². The number of ether oxygens (including phenoxy) is 2. The van der Waals surface area contributed by atoms with Crippen LogP contribution in [0.3, 0.4) is 0 Å². The smallest absolute Gasteiger partial charge is 0.266 e. The average Bonchev–Trinajstić information content (AvgIpc) is 3.06. The molecule has 31 heavy (non-hydrogen) atoms. The molecule has 2 N–H and O–H groups in total. The predicted molar refractivity (Wildman–Crippen MR) is 120 cm³/mol. The number of methoxy groups -OCH3 is 2. The molecule has 0 aliphatic carbocycles. The zero-order chi connectivity index (χ0) is 22.0. The molecule has 1 aliphatic rings. The first-order valence-corrected chi connectivity index (χ1v) is 10.0. The number of hydrogen-bond acceptors (Lipinski definition) is 5. The summed E-state index contributed by atoms with van der Waals surface area (Å²) in [4.78, 5) is 20.2. The Kier molecular flexibility index (Phi) is 5.38. The van der Waals surface area contributed by atoms with Gasteiger partial charge in [-0.05, 0) is 53.4 Å². The topological polar surface area (TPSA) is 77.2 Å². The van der Waals surface area contributed by atoms with Gasteiger partial charge in [0.05, 0.1) is 20.8 Å². The number of amides is 1. The van der Waals surface area contributed by atoms with Crippen molar-refractivity contribution in [1.29, 1.82) is 0 Å². The Bertz CT molecular complexity index is 1070. The van der Waals surface area contributed by atoms with E-state index in [9.17, 15) is 4.79 Å². The van der Waals surface area contributed by atoms with Crippen LogP contribution in [0.15, 0.2) is 77.8 Å². The summed E-state index contributed by atoms with van der Waals surface area (Å²) in [5, 5.41) is 0. The van der Waals surface area contributed by atoms with Crippen LogP contribution in [-0.4, -0.2) is 31.0 Å². The first-order chi connectivity index (χ1) is 15.0. The number of guanidine groups is 1. The van der Waals surface area contributed by atoms with Gasteiger partial charge >= 0.3 is 0 Å². The number of rotatable bonds is 6. The second-order valence-corrected chi connectivity index (χ2v) is 7.46. The van der Waals surface area contributed by atoms with E-state index in [4.69, 9.17) is 20.2 Å². The summed E-state index contributed by atoms with van der Waals surface area (Å²) < 4.78 is 10.6. The van der Waals surface area contributed by atoms with E-state index in [-0.39, 0.29) is 11.9 Å². The fourth-order valence-corrected chi connectivity index (χ4v) is 3.90. The number of aliphatic imine (C=N–C) groups is 1. The average molecular weight is 415 g/mol. The van der Waals surface area contributed by atoms with Crippen LogP contribution in [-0.2, 0) is 16.9 Å². The highest BCUT2D eigenvalue weighted by atomic mass is 16.5. The van der Waals surface area contributed by atoms with Crippen molar-refractivity contribution in [3.05, 3.63) is 95.1 Å². The van der Waals surface area contributed by atoms with E-state index in [0.717, 1.165) is 22.3 Å². The molecule has 0 radical (unpaired) electrons. The minimum atomic E-state index is -1.27. The number of benzene rings is 3. The van der Waals surface area contributed by atoms with Crippen molar-refractivity contribution >= 4 is 11.9 Å². The lowest BCUT2D eigenvalue weighted by atomic mass is 9.82. The number of hydrogen-bond donors (Lipinski definition) is 1. The van der Waals surface area contributed by atoms with Crippen LogP contribution in [0.2, 0.25) is 0 Å². The van der Waals surface area contributed by atoms with Gasteiger partial charge < -0.3 is 15.2 Å². The number of carbonyl (C=O) groups excluding carboxylic acids is 1. The maximum absolute atomic E-state index is 13.9. The molecule has 0 saturated heterocycles. The maximum Gasteiger partial charge on any atom is 0.266 e.